The van der Waals surface area contributed by atoms with Gasteiger partial charge in [-0.1, -0.05) is 48.5 Å². The van der Waals surface area contributed by atoms with Gasteiger partial charge in [0.1, 0.15) is 31.4 Å². The number of rotatable bonds is 7. The average Bonchev–Trinajstić information content (AvgIpc) is 3.39. The van der Waals surface area contributed by atoms with Gasteiger partial charge in [-0.05, 0) is 28.3 Å². The summed E-state index contributed by atoms with van der Waals surface area (Å²) in [5.74, 6) is -0.0220. The summed E-state index contributed by atoms with van der Waals surface area (Å²) in [4.78, 5) is 37.9. The van der Waals surface area contributed by atoms with Crippen molar-refractivity contribution in [3.63, 3.8) is 0 Å². The number of benzene rings is 2. The minimum Gasteiger partial charge on any atom is -0.433 e. The third-order valence-electron chi connectivity index (χ3n) is 6.28. The molecular formula is C24H25N4O7P. The lowest BCUT2D eigenvalue weighted by atomic mass is 9.98. The van der Waals surface area contributed by atoms with Crippen LogP contribution in [-0.2, 0) is 18.7 Å². The smallest absolute Gasteiger partial charge is 0.433 e. The number of aromatic nitrogens is 2. The first-order valence-corrected chi connectivity index (χ1v) is 12.6. The van der Waals surface area contributed by atoms with Crippen molar-refractivity contribution < 1.29 is 28.4 Å². The molecule has 1 unspecified atom stereocenters. The molecule has 1 aliphatic carbocycles. The predicted molar refractivity (Wildman–Crippen MR) is 131 cm³/mol. The molecule has 1 fully saturated rings. The summed E-state index contributed by atoms with van der Waals surface area (Å²) in [6.07, 6.45) is -1.51. The zero-order valence-electron chi connectivity index (χ0n) is 19.1. The summed E-state index contributed by atoms with van der Waals surface area (Å²) in [5, 5.41) is 0. The Morgan fingerprint density at radius 3 is 2.36 bits per heavy atom. The molecule has 2 aliphatic rings. The van der Waals surface area contributed by atoms with Crippen molar-refractivity contribution in [1.29, 1.82) is 0 Å². The number of carbonyl (C=O) groups excluding carboxylic acids is 1. The Balaban J connectivity index is 1.21. The molecule has 0 bridgehead atoms. The maximum atomic E-state index is 12.5. The van der Waals surface area contributed by atoms with Gasteiger partial charge in [0.2, 0.25) is 8.53 Å². The minimum atomic E-state index is -2.20. The molecule has 188 valence electrons. The van der Waals surface area contributed by atoms with E-state index in [0.717, 1.165) is 22.3 Å². The number of hydrogen-bond donors (Lipinski definition) is 3. The lowest BCUT2D eigenvalue weighted by Crippen LogP contribution is -2.30. The highest BCUT2D eigenvalue weighted by Gasteiger charge is 2.40. The van der Waals surface area contributed by atoms with Gasteiger partial charge in [0.15, 0.2) is 0 Å². The monoisotopic (exact) mass is 512 g/mol. The third-order valence-corrected chi connectivity index (χ3v) is 6.77. The molecule has 36 heavy (non-hydrogen) atoms. The van der Waals surface area contributed by atoms with Crippen LogP contribution < -0.4 is 16.9 Å². The molecule has 12 heteroatoms. The number of anilines is 1. The van der Waals surface area contributed by atoms with Crippen molar-refractivity contribution in [2.24, 2.45) is 5.50 Å². The van der Waals surface area contributed by atoms with Gasteiger partial charge in [0.25, 0.3) is 0 Å². The number of fused-ring (bicyclic) bond motifs is 3. The van der Waals surface area contributed by atoms with E-state index in [1.54, 1.807) is 0 Å². The fraction of sp³-hybridized carbons (Fsp3) is 0.292. The quantitative estimate of drug-likeness (QED) is 0.317. The van der Waals surface area contributed by atoms with Crippen molar-refractivity contribution in [1.82, 2.24) is 9.55 Å². The number of hydrogen-bond acceptors (Lipinski definition) is 10. The lowest BCUT2D eigenvalue weighted by Gasteiger charge is -2.19. The normalized spacial score (nSPS) is 21.6. The molecule has 5 N–H and O–H groups in total. The lowest BCUT2D eigenvalue weighted by molar-refractivity contribution is -0.0554. The van der Waals surface area contributed by atoms with Crippen LogP contribution in [0.25, 0.3) is 11.1 Å². The first kappa shape index (κ1) is 24.4. The van der Waals surface area contributed by atoms with Gasteiger partial charge in [-0.3, -0.25) is 10.1 Å². The van der Waals surface area contributed by atoms with Crippen LogP contribution in [0.5, 0.6) is 0 Å². The molecule has 2 aromatic carbocycles. The van der Waals surface area contributed by atoms with Gasteiger partial charge < -0.3 is 29.4 Å². The Bertz CT molecular complexity index is 1270. The van der Waals surface area contributed by atoms with Crippen LogP contribution >= 0.6 is 8.53 Å². The van der Waals surface area contributed by atoms with Gasteiger partial charge in [-0.15, -0.1) is 0 Å². The second kappa shape index (κ2) is 10.3. The Hall–Kier alpha value is -3.34. The van der Waals surface area contributed by atoms with E-state index in [2.05, 4.69) is 17.1 Å². The number of nitrogens with zero attached hydrogens (tertiary/aromatic N) is 2. The highest BCUT2D eigenvalue weighted by atomic mass is 31.2. The summed E-state index contributed by atoms with van der Waals surface area (Å²) in [6.45, 7) is -0.115. The Morgan fingerprint density at radius 1 is 1.08 bits per heavy atom. The molecule has 2 heterocycles. The Morgan fingerprint density at radius 2 is 1.72 bits per heavy atom. The maximum Gasteiger partial charge on any atom is 0.508 e. The summed E-state index contributed by atoms with van der Waals surface area (Å²) >= 11 is 0. The van der Waals surface area contributed by atoms with Gasteiger partial charge >= 0.3 is 11.8 Å². The number of ether oxygens (including phenoxy) is 3. The molecule has 0 amide bonds. The molecule has 1 aliphatic heterocycles. The minimum absolute atomic E-state index is 0.0815. The second-order valence-corrected chi connectivity index (χ2v) is 9.27. The molecular weight excluding hydrogens is 487 g/mol. The fourth-order valence-electron chi connectivity index (χ4n) is 4.70. The van der Waals surface area contributed by atoms with Crippen molar-refractivity contribution in [3.05, 3.63) is 82.4 Å². The summed E-state index contributed by atoms with van der Waals surface area (Å²) in [5.41, 5.74) is 14.8. The van der Waals surface area contributed by atoms with Crippen molar-refractivity contribution >= 4 is 20.5 Å². The Kier molecular flexibility index (Phi) is 6.99. The summed E-state index contributed by atoms with van der Waals surface area (Å²) < 4.78 is 23.2. The highest BCUT2D eigenvalue weighted by Crippen LogP contribution is 2.44. The molecule has 1 aromatic heterocycles. The zero-order chi connectivity index (χ0) is 25.2. The van der Waals surface area contributed by atoms with Gasteiger partial charge in [-0.25, -0.2) is 9.59 Å². The first-order chi connectivity index (χ1) is 17.4. The van der Waals surface area contributed by atoms with Crippen LogP contribution in [0, 0.1) is 0 Å². The van der Waals surface area contributed by atoms with Crippen LogP contribution in [0.3, 0.4) is 0 Å². The van der Waals surface area contributed by atoms with Crippen LogP contribution in [0.2, 0.25) is 0 Å². The number of carbonyl (C=O) groups is 1. The standard InChI is InChI=1S/C24H25N4O7P/c25-21-9-10-28(23(29)27-21)22-11-19(35-36(26)31)20(34-22)13-33-24(30)32-12-18-16-7-3-1-5-14(16)15-6-2-4-8-17(15)18/h1-10,18-20,22,31H,11-13,26H2,(H2,25,27,29)/t19-,20+,22+,36?/m0/s1. The van der Waals surface area contributed by atoms with Crippen LogP contribution in [0.15, 0.2) is 65.6 Å². The SMILES string of the molecule is Nc1ccn([C@H]2C[C@H](OP(N)O)[C@@H](COC(=O)OCC3c4ccccc4-c4ccccc43)O2)c(=O)n1. The van der Waals surface area contributed by atoms with Crippen molar-refractivity contribution in [3.8, 4) is 11.1 Å². The maximum absolute atomic E-state index is 12.5. The first-order valence-electron chi connectivity index (χ1n) is 11.3. The van der Waals surface area contributed by atoms with E-state index < -0.39 is 38.8 Å². The van der Waals surface area contributed by atoms with E-state index in [0.29, 0.717) is 0 Å². The largest absolute Gasteiger partial charge is 0.508 e. The highest BCUT2D eigenvalue weighted by molar-refractivity contribution is 7.43. The topological polar surface area (TPSA) is 161 Å². The fourth-order valence-corrected chi connectivity index (χ4v) is 5.20. The van der Waals surface area contributed by atoms with E-state index in [9.17, 15) is 14.5 Å². The molecule has 1 saturated heterocycles. The Labute approximate surface area is 207 Å². The molecule has 11 nitrogen and oxygen atoms in total. The van der Waals surface area contributed by atoms with Crippen LogP contribution in [0.1, 0.15) is 29.7 Å². The van der Waals surface area contributed by atoms with E-state index in [1.807, 2.05) is 36.4 Å². The predicted octanol–water partition coefficient (Wildman–Crippen LogP) is 2.64. The van der Waals surface area contributed by atoms with E-state index in [-0.39, 0.29) is 31.4 Å². The number of nitrogen functional groups attached to an aromatic ring is 1. The van der Waals surface area contributed by atoms with Crippen molar-refractivity contribution in [2.45, 2.75) is 30.8 Å². The van der Waals surface area contributed by atoms with Gasteiger partial charge in [0.05, 0.1) is 6.10 Å². The molecule has 4 atom stereocenters. The molecule has 0 spiro atoms. The second-order valence-electron chi connectivity index (χ2n) is 8.45. The van der Waals surface area contributed by atoms with E-state index in [4.69, 9.17) is 30.0 Å². The van der Waals surface area contributed by atoms with Crippen LogP contribution in [-0.4, -0.2) is 46.0 Å². The van der Waals surface area contributed by atoms with Gasteiger partial charge in [0, 0.05) is 18.5 Å². The molecule has 0 radical (unpaired) electrons. The van der Waals surface area contributed by atoms with E-state index in [1.165, 1.54) is 16.8 Å². The molecule has 5 rings (SSSR count). The zero-order valence-corrected chi connectivity index (χ0v) is 20.0. The molecule has 3 aromatic rings. The van der Waals surface area contributed by atoms with E-state index >= 15 is 0 Å². The third kappa shape index (κ3) is 4.97. The number of nitrogens with two attached hydrogens (primary N) is 2. The van der Waals surface area contributed by atoms with Gasteiger partial charge in [-0.2, -0.15) is 4.98 Å². The van der Waals surface area contributed by atoms with Crippen molar-refractivity contribution in [2.75, 3.05) is 18.9 Å². The van der Waals surface area contributed by atoms with Crippen LogP contribution in [0.4, 0.5) is 10.6 Å². The average molecular weight is 512 g/mol. The molecule has 0 saturated carbocycles. The summed E-state index contributed by atoms with van der Waals surface area (Å²) in [7, 11) is -2.20. The summed E-state index contributed by atoms with van der Waals surface area (Å²) in [6, 6.07) is 17.5.